The molecule has 0 aliphatic carbocycles. The summed E-state index contributed by atoms with van der Waals surface area (Å²) in [5, 5.41) is 4.99. The van der Waals surface area contributed by atoms with E-state index in [0.717, 1.165) is 53.8 Å². The maximum Gasteiger partial charge on any atom is 0.251 e. The van der Waals surface area contributed by atoms with Gasteiger partial charge >= 0.3 is 0 Å². The summed E-state index contributed by atoms with van der Waals surface area (Å²) in [6.45, 7) is 10.4. The maximum absolute atomic E-state index is 13.0. The highest BCUT2D eigenvalue weighted by molar-refractivity contribution is 8.05. The van der Waals surface area contributed by atoms with E-state index in [4.69, 9.17) is 0 Å². The molecule has 0 radical (unpaired) electrons. The number of ketones is 1. The summed E-state index contributed by atoms with van der Waals surface area (Å²) < 4.78 is 0. The largest absolute Gasteiger partial charge is 0.322 e. The molecule has 0 saturated carbocycles. The summed E-state index contributed by atoms with van der Waals surface area (Å²) in [7, 11) is 0. The van der Waals surface area contributed by atoms with Gasteiger partial charge in [0.05, 0.1) is 5.75 Å². The Morgan fingerprint density at radius 1 is 1.06 bits per heavy atom. The number of aryl methyl sites for hydroxylation is 1. The number of anilines is 1. The Labute approximate surface area is 220 Å². The van der Waals surface area contributed by atoms with Gasteiger partial charge in [-0.2, -0.15) is 11.8 Å². The first-order valence-corrected chi connectivity index (χ1v) is 14.7. The molecule has 0 spiro atoms. The summed E-state index contributed by atoms with van der Waals surface area (Å²) in [6.07, 6.45) is 7.57. The number of nitrogens with one attached hydrogen (secondary N) is 1. The molecular formula is C30H39NO2S2. The molecule has 0 bridgehead atoms. The normalized spacial score (nSPS) is 12.3. The zero-order chi connectivity index (χ0) is 25.6. The standard InChI is InChI=1S/C30H39NO2S2/c1-6-11-25(12-10-13-27(32)21-34-5)23(4)35-20-22(3)30(33)31-29-15-9-8-14-28(29)26-18-16-24(7-2)17-19-26/h8-9,14-20,25H,4,6-7,10-13,21H2,1-3,5H3,(H,31,33)/b22-20+. The van der Waals surface area contributed by atoms with Gasteiger partial charge in [-0.25, -0.2) is 0 Å². The van der Waals surface area contributed by atoms with Gasteiger partial charge in [-0.15, -0.1) is 11.8 Å². The van der Waals surface area contributed by atoms with Gasteiger partial charge in [0.1, 0.15) is 5.78 Å². The molecular weight excluding hydrogens is 470 g/mol. The van der Waals surface area contributed by atoms with Gasteiger partial charge in [0.15, 0.2) is 0 Å². The highest BCUT2D eigenvalue weighted by atomic mass is 32.2. The topological polar surface area (TPSA) is 46.2 Å². The SMILES string of the molecule is C=C(S/C=C(\C)C(=O)Nc1ccccc1-c1ccc(CC)cc1)C(CCC)CCCC(=O)CSC. The van der Waals surface area contributed by atoms with Gasteiger partial charge < -0.3 is 5.32 Å². The fourth-order valence-corrected chi connectivity index (χ4v) is 5.22. The van der Waals surface area contributed by atoms with E-state index in [1.54, 1.807) is 11.8 Å². The fourth-order valence-electron chi connectivity index (χ4n) is 3.89. The average molecular weight is 510 g/mol. The molecule has 35 heavy (non-hydrogen) atoms. The minimum atomic E-state index is -0.113. The molecule has 2 rings (SSSR count). The van der Waals surface area contributed by atoms with Crippen LogP contribution in [0, 0.1) is 5.92 Å². The van der Waals surface area contributed by atoms with Crippen LogP contribution in [0.2, 0.25) is 0 Å². The molecule has 1 N–H and O–H groups in total. The molecule has 0 saturated heterocycles. The average Bonchev–Trinajstić information content (AvgIpc) is 2.87. The van der Waals surface area contributed by atoms with Crippen LogP contribution in [0.3, 0.4) is 0 Å². The van der Waals surface area contributed by atoms with E-state index in [2.05, 4.69) is 50.0 Å². The van der Waals surface area contributed by atoms with Crippen LogP contribution in [0.15, 0.2) is 71.0 Å². The molecule has 1 amide bonds. The number of benzene rings is 2. The Morgan fingerprint density at radius 3 is 2.43 bits per heavy atom. The molecule has 0 aromatic heterocycles. The second kappa shape index (κ2) is 15.7. The number of amides is 1. The maximum atomic E-state index is 13.0. The third-order valence-corrected chi connectivity index (χ3v) is 7.72. The predicted octanol–water partition coefficient (Wildman–Crippen LogP) is 8.52. The molecule has 0 heterocycles. The molecule has 188 valence electrons. The minimum Gasteiger partial charge on any atom is -0.322 e. The number of hydrogen-bond donors (Lipinski definition) is 1. The Morgan fingerprint density at radius 2 is 1.77 bits per heavy atom. The lowest BCUT2D eigenvalue weighted by Gasteiger charge is -2.17. The number of carbonyl (C=O) groups is 2. The van der Waals surface area contributed by atoms with Crippen LogP contribution in [0.1, 0.15) is 58.4 Å². The van der Waals surface area contributed by atoms with E-state index in [9.17, 15) is 9.59 Å². The van der Waals surface area contributed by atoms with E-state index in [-0.39, 0.29) is 5.91 Å². The molecule has 2 aromatic rings. The second-order valence-corrected chi connectivity index (χ2v) is 10.6. The number of carbonyl (C=O) groups excluding carboxylic acids is 2. The molecule has 0 fully saturated rings. The Kier molecular flexibility index (Phi) is 13.0. The molecule has 1 atom stereocenters. The van der Waals surface area contributed by atoms with Crippen molar-refractivity contribution in [2.75, 3.05) is 17.3 Å². The summed E-state index contributed by atoms with van der Waals surface area (Å²) in [6, 6.07) is 16.4. The first kappa shape index (κ1) is 29.0. The van der Waals surface area contributed by atoms with Crippen molar-refractivity contribution in [2.24, 2.45) is 5.92 Å². The van der Waals surface area contributed by atoms with Crippen LogP contribution < -0.4 is 5.32 Å². The van der Waals surface area contributed by atoms with Gasteiger partial charge in [-0.05, 0) is 72.3 Å². The van der Waals surface area contributed by atoms with Crippen molar-refractivity contribution in [1.29, 1.82) is 0 Å². The van der Waals surface area contributed by atoms with E-state index in [1.165, 1.54) is 17.3 Å². The van der Waals surface area contributed by atoms with Gasteiger partial charge in [0.2, 0.25) is 0 Å². The predicted molar refractivity (Wildman–Crippen MR) is 156 cm³/mol. The van der Waals surface area contributed by atoms with Crippen LogP contribution in [0.25, 0.3) is 11.1 Å². The number of Topliss-reactive ketones (excluding diaryl/α,β-unsaturated/α-hetero) is 1. The first-order chi connectivity index (χ1) is 16.9. The highest BCUT2D eigenvalue weighted by Gasteiger charge is 2.14. The lowest BCUT2D eigenvalue weighted by atomic mass is 9.96. The van der Waals surface area contributed by atoms with Crippen molar-refractivity contribution in [1.82, 2.24) is 0 Å². The Balaban J connectivity index is 2.00. The zero-order valence-electron chi connectivity index (χ0n) is 21.6. The van der Waals surface area contributed by atoms with Crippen LogP contribution in [-0.2, 0) is 16.0 Å². The zero-order valence-corrected chi connectivity index (χ0v) is 23.2. The molecule has 2 aromatic carbocycles. The molecule has 0 aliphatic heterocycles. The third kappa shape index (κ3) is 9.73. The van der Waals surface area contributed by atoms with Gasteiger partial charge in [-0.3, -0.25) is 9.59 Å². The van der Waals surface area contributed by atoms with Gasteiger partial charge in [0.25, 0.3) is 5.91 Å². The summed E-state index contributed by atoms with van der Waals surface area (Å²) in [5.41, 5.74) is 4.84. The van der Waals surface area contributed by atoms with Gasteiger partial charge in [0, 0.05) is 23.2 Å². The van der Waals surface area contributed by atoms with E-state index >= 15 is 0 Å². The number of thioether (sulfide) groups is 2. The van der Waals surface area contributed by atoms with Crippen LogP contribution in [0.4, 0.5) is 5.69 Å². The Hall–Kier alpha value is -2.24. The lowest BCUT2D eigenvalue weighted by Crippen LogP contribution is -2.13. The smallest absolute Gasteiger partial charge is 0.251 e. The quantitative estimate of drug-likeness (QED) is 0.244. The summed E-state index contributed by atoms with van der Waals surface area (Å²) in [5.74, 6) is 1.15. The number of hydrogen-bond acceptors (Lipinski definition) is 4. The van der Waals surface area contributed by atoms with Crippen LogP contribution in [-0.4, -0.2) is 23.7 Å². The fraction of sp³-hybridized carbons (Fsp3) is 0.400. The van der Waals surface area contributed by atoms with Gasteiger partial charge in [-0.1, -0.05) is 69.3 Å². The number of para-hydroxylation sites is 1. The van der Waals surface area contributed by atoms with E-state index in [0.29, 0.717) is 29.4 Å². The highest BCUT2D eigenvalue weighted by Crippen LogP contribution is 2.33. The van der Waals surface area contributed by atoms with E-state index in [1.807, 2.05) is 42.9 Å². The third-order valence-electron chi connectivity index (χ3n) is 6.00. The number of rotatable bonds is 15. The van der Waals surface area contributed by atoms with Crippen molar-refractivity contribution < 1.29 is 9.59 Å². The van der Waals surface area contributed by atoms with Crippen molar-refractivity contribution in [3.63, 3.8) is 0 Å². The molecule has 3 nitrogen and oxygen atoms in total. The van der Waals surface area contributed by atoms with Crippen LogP contribution in [0.5, 0.6) is 0 Å². The summed E-state index contributed by atoms with van der Waals surface area (Å²) >= 11 is 3.12. The second-order valence-electron chi connectivity index (χ2n) is 8.78. The van der Waals surface area contributed by atoms with Crippen molar-refractivity contribution in [2.45, 2.75) is 59.3 Å². The van der Waals surface area contributed by atoms with Crippen LogP contribution >= 0.6 is 23.5 Å². The van der Waals surface area contributed by atoms with Crippen molar-refractivity contribution >= 4 is 40.9 Å². The molecule has 1 unspecified atom stereocenters. The van der Waals surface area contributed by atoms with Crippen molar-refractivity contribution in [3.05, 3.63) is 76.6 Å². The Bertz CT molecular complexity index is 1010. The molecule has 5 heteroatoms. The van der Waals surface area contributed by atoms with Crippen molar-refractivity contribution in [3.8, 4) is 11.1 Å². The monoisotopic (exact) mass is 509 g/mol. The number of allylic oxidation sites excluding steroid dienone is 1. The minimum absolute atomic E-state index is 0.113. The first-order valence-electron chi connectivity index (χ1n) is 12.4. The summed E-state index contributed by atoms with van der Waals surface area (Å²) in [4.78, 5) is 25.8. The lowest BCUT2D eigenvalue weighted by molar-refractivity contribution is -0.116. The van der Waals surface area contributed by atoms with E-state index < -0.39 is 0 Å². The molecule has 0 aliphatic rings.